The fourth-order valence-electron chi connectivity index (χ4n) is 3.91. The van der Waals surface area contributed by atoms with Crippen molar-refractivity contribution in [3.63, 3.8) is 0 Å². The van der Waals surface area contributed by atoms with Gasteiger partial charge in [-0.05, 0) is 38.0 Å². The number of anilines is 2. The van der Waals surface area contributed by atoms with Crippen molar-refractivity contribution in [2.24, 2.45) is 0 Å². The van der Waals surface area contributed by atoms with Crippen LogP contribution in [0.25, 0.3) is 0 Å². The van der Waals surface area contributed by atoms with E-state index in [9.17, 15) is 12.8 Å². The van der Waals surface area contributed by atoms with Crippen LogP contribution < -0.4 is 14.5 Å². The first-order chi connectivity index (χ1) is 14.4. The van der Waals surface area contributed by atoms with E-state index in [0.717, 1.165) is 49.5 Å². The zero-order chi connectivity index (χ0) is 21.3. The molecule has 0 radical (unpaired) electrons. The maximum Gasteiger partial charge on any atom is 0.246 e. The van der Waals surface area contributed by atoms with Gasteiger partial charge in [-0.25, -0.2) is 17.8 Å². The smallest absolute Gasteiger partial charge is 0.246 e. The van der Waals surface area contributed by atoms with Gasteiger partial charge in [0.15, 0.2) is 0 Å². The number of piperazine rings is 1. The van der Waals surface area contributed by atoms with E-state index in [4.69, 9.17) is 9.72 Å². The predicted molar refractivity (Wildman–Crippen MR) is 112 cm³/mol. The standard InChI is InChI=1S/C20H26FN5O3S/c1-15-13-19(23-20(22-15)25-7-3-4-8-25)24-9-11-26(12-10-24)30(27,28)18-14-16(21)5-6-17(18)29-2/h5-6,13-14H,3-4,7-12H2,1-2H3. The molecule has 1 aromatic carbocycles. The van der Waals surface area contributed by atoms with Crippen LogP contribution in [0.4, 0.5) is 16.2 Å². The number of aromatic nitrogens is 2. The summed E-state index contributed by atoms with van der Waals surface area (Å²) in [5.41, 5.74) is 0.890. The lowest BCUT2D eigenvalue weighted by Gasteiger charge is -2.35. The van der Waals surface area contributed by atoms with Crippen LogP contribution in [0.15, 0.2) is 29.2 Å². The topological polar surface area (TPSA) is 78.9 Å². The fraction of sp³-hybridized carbons (Fsp3) is 0.500. The van der Waals surface area contributed by atoms with Crippen molar-refractivity contribution in [1.82, 2.24) is 14.3 Å². The monoisotopic (exact) mass is 435 g/mol. The highest BCUT2D eigenvalue weighted by Crippen LogP contribution is 2.29. The first kappa shape index (κ1) is 20.8. The molecule has 2 aliphatic heterocycles. The third kappa shape index (κ3) is 4.06. The summed E-state index contributed by atoms with van der Waals surface area (Å²) in [6.45, 7) is 5.42. The molecule has 0 spiro atoms. The van der Waals surface area contributed by atoms with E-state index in [-0.39, 0.29) is 23.7 Å². The van der Waals surface area contributed by atoms with Gasteiger partial charge < -0.3 is 14.5 Å². The molecular formula is C20H26FN5O3S. The largest absolute Gasteiger partial charge is 0.495 e. The Bertz CT molecular complexity index is 1020. The molecular weight excluding hydrogens is 409 g/mol. The van der Waals surface area contributed by atoms with Crippen LogP contribution in [-0.2, 0) is 10.0 Å². The maximum absolute atomic E-state index is 13.7. The molecule has 3 heterocycles. The van der Waals surface area contributed by atoms with E-state index in [1.807, 2.05) is 13.0 Å². The van der Waals surface area contributed by atoms with E-state index in [0.29, 0.717) is 13.1 Å². The second-order valence-corrected chi connectivity index (χ2v) is 9.45. The van der Waals surface area contributed by atoms with Crippen LogP contribution in [0.3, 0.4) is 0 Å². The van der Waals surface area contributed by atoms with Crippen molar-refractivity contribution in [2.45, 2.75) is 24.7 Å². The number of methoxy groups -OCH3 is 1. The SMILES string of the molecule is COc1ccc(F)cc1S(=O)(=O)N1CCN(c2cc(C)nc(N3CCCC3)n2)CC1. The number of halogens is 1. The summed E-state index contributed by atoms with van der Waals surface area (Å²) in [7, 11) is -2.49. The van der Waals surface area contributed by atoms with Gasteiger partial charge in [-0.1, -0.05) is 0 Å². The number of aryl methyl sites for hydroxylation is 1. The summed E-state index contributed by atoms with van der Waals surface area (Å²) in [5, 5.41) is 0. The molecule has 0 saturated carbocycles. The zero-order valence-corrected chi connectivity index (χ0v) is 18.0. The molecule has 10 heteroatoms. The van der Waals surface area contributed by atoms with Crippen LogP contribution in [0, 0.1) is 12.7 Å². The Hall–Kier alpha value is -2.46. The molecule has 2 aliphatic rings. The quantitative estimate of drug-likeness (QED) is 0.711. The number of sulfonamides is 1. The second-order valence-electron chi connectivity index (χ2n) is 7.55. The second kappa shape index (κ2) is 8.35. The highest BCUT2D eigenvalue weighted by atomic mass is 32.2. The van der Waals surface area contributed by atoms with Crippen LogP contribution in [0.2, 0.25) is 0 Å². The summed E-state index contributed by atoms with van der Waals surface area (Å²) < 4.78 is 46.4. The van der Waals surface area contributed by atoms with Gasteiger partial charge in [-0.3, -0.25) is 0 Å². The van der Waals surface area contributed by atoms with Gasteiger partial charge in [-0.15, -0.1) is 0 Å². The van der Waals surface area contributed by atoms with E-state index in [1.165, 1.54) is 23.5 Å². The number of benzene rings is 1. The number of ether oxygens (including phenoxy) is 1. The summed E-state index contributed by atoms with van der Waals surface area (Å²) in [6, 6.07) is 5.46. The van der Waals surface area contributed by atoms with Crippen LogP contribution in [0.1, 0.15) is 18.5 Å². The summed E-state index contributed by atoms with van der Waals surface area (Å²) in [4.78, 5) is 13.4. The van der Waals surface area contributed by atoms with E-state index in [1.54, 1.807) is 0 Å². The molecule has 30 heavy (non-hydrogen) atoms. The fourth-order valence-corrected chi connectivity index (χ4v) is 5.50. The van der Waals surface area contributed by atoms with Crippen molar-refractivity contribution in [1.29, 1.82) is 0 Å². The van der Waals surface area contributed by atoms with E-state index >= 15 is 0 Å². The first-order valence-electron chi connectivity index (χ1n) is 10.1. The van der Waals surface area contributed by atoms with Crippen LogP contribution in [0.5, 0.6) is 5.75 Å². The van der Waals surface area contributed by atoms with Crippen molar-refractivity contribution >= 4 is 21.8 Å². The van der Waals surface area contributed by atoms with Crippen LogP contribution >= 0.6 is 0 Å². The molecule has 0 aliphatic carbocycles. The lowest BCUT2D eigenvalue weighted by molar-refractivity contribution is 0.372. The van der Waals surface area contributed by atoms with Gasteiger partial charge in [-0.2, -0.15) is 9.29 Å². The van der Waals surface area contributed by atoms with Gasteiger partial charge >= 0.3 is 0 Å². The Kier molecular flexibility index (Phi) is 5.79. The molecule has 8 nitrogen and oxygen atoms in total. The van der Waals surface area contributed by atoms with Crippen molar-refractivity contribution in [2.75, 3.05) is 56.2 Å². The molecule has 0 bridgehead atoms. The Morgan fingerprint density at radius 2 is 1.67 bits per heavy atom. The lowest BCUT2D eigenvalue weighted by atomic mass is 10.3. The van der Waals surface area contributed by atoms with Gasteiger partial charge in [0.25, 0.3) is 0 Å². The molecule has 0 unspecified atom stereocenters. The average Bonchev–Trinajstić information content (AvgIpc) is 3.28. The molecule has 0 atom stereocenters. The molecule has 162 valence electrons. The molecule has 0 amide bonds. The number of hydrogen-bond acceptors (Lipinski definition) is 7. The first-order valence-corrected chi connectivity index (χ1v) is 11.5. The third-order valence-corrected chi connectivity index (χ3v) is 7.44. The van der Waals surface area contributed by atoms with Gasteiger partial charge in [0, 0.05) is 51.0 Å². The number of nitrogens with zero attached hydrogens (tertiary/aromatic N) is 5. The molecule has 2 fully saturated rings. The average molecular weight is 436 g/mol. The van der Waals surface area contributed by atoms with Crippen molar-refractivity contribution in [3.05, 3.63) is 35.8 Å². The minimum Gasteiger partial charge on any atom is -0.495 e. The molecule has 2 saturated heterocycles. The lowest BCUT2D eigenvalue weighted by Crippen LogP contribution is -2.49. The summed E-state index contributed by atoms with van der Waals surface area (Å²) in [5.74, 6) is 1.08. The number of rotatable bonds is 5. The van der Waals surface area contributed by atoms with Crippen molar-refractivity contribution < 1.29 is 17.5 Å². The van der Waals surface area contributed by atoms with Gasteiger partial charge in [0.2, 0.25) is 16.0 Å². The molecule has 1 aromatic heterocycles. The Labute approximate surface area is 176 Å². The zero-order valence-electron chi connectivity index (χ0n) is 17.2. The van der Waals surface area contributed by atoms with E-state index < -0.39 is 15.8 Å². The van der Waals surface area contributed by atoms with Gasteiger partial charge in [0.05, 0.1) is 7.11 Å². The summed E-state index contributed by atoms with van der Waals surface area (Å²) in [6.07, 6.45) is 2.29. The highest BCUT2D eigenvalue weighted by Gasteiger charge is 2.32. The molecule has 2 aromatic rings. The van der Waals surface area contributed by atoms with Gasteiger partial charge in [0.1, 0.15) is 22.3 Å². The Morgan fingerprint density at radius 3 is 2.33 bits per heavy atom. The number of hydrogen-bond donors (Lipinski definition) is 0. The van der Waals surface area contributed by atoms with Crippen molar-refractivity contribution in [3.8, 4) is 5.75 Å². The Morgan fingerprint density at radius 1 is 0.967 bits per heavy atom. The molecule has 4 rings (SSSR count). The Balaban J connectivity index is 1.51. The maximum atomic E-state index is 13.7. The third-order valence-electron chi connectivity index (χ3n) is 5.52. The minimum absolute atomic E-state index is 0.139. The normalized spacial score (nSPS) is 18.1. The molecule has 0 N–H and O–H groups in total. The predicted octanol–water partition coefficient (Wildman–Crippen LogP) is 2.04. The van der Waals surface area contributed by atoms with Crippen LogP contribution in [-0.4, -0.2) is 69.1 Å². The minimum atomic E-state index is -3.86. The summed E-state index contributed by atoms with van der Waals surface area (Å²) >= 11 is 0. The highest BCUT2D eigenvalue weighted by molar-refractivity contribution is 7.89. The van der Waals surface area contributed by atoms with E-state index in [2.05, 4.69) is 14.8 Å².